The van der Waals surface area contributed by atoms with E-state index in [4.69, 9.17) is 17.3 Å². The van der Waals surface area contributed by atoms with Gasteiger partial charge in [-0.2, -0.15) is 0 Å². The standard InChI is InChI=1S/C13H12ClF2NS/c1-6-3-4-8(11(16)10(6)15)12(17)13-9(14)7(2)5-18-13/h3-5,12H,17H2,1-2H3. The van der Waals surface area contributed by atoms with E-state index in [0.717, 1.165) is 5.56 Å². The number of aryl methyl sites for hydroxylation is 2. The van der Waals surface area contributed by atoms with E-state index in [1.54, 1.807) is 0 Å². The molecule has 1 nitrogen and oxygen atoms in total. The molecular formula is C13H12ClF2NS. The second kappa shape index (κ2) is 4.96. The van der Waals surface area contributed by atoms with Gasteiger partial charge in [-0.1, -0.05) is 23.7 Å². The van der Waals surface area contributed by atoms with Gasteiger partial charge in [0.1, 0.15) is 0 Å². The van der Waals surface area contributed by atoms with E-state index in [0.29, 0.717) is 9.90 Å². The van der Waals surface area contributed by atoms with Crippen molar-refractivity contribution < 1.29 is 8.78 Å². The van der Waals surface area contributed by atoms with Crippen molar-refractivity contribution in [2.24, 2.45) is 5.73 Å². The van der Waals surface area contributed by atoms with E-state index in [2.05, 4.69) is 0 Å². The van der Waals surface area contributed by atoms with Crippen LogP contribution < -0.4 is 5.73 Å². The Kier molecular flexibility index (Phi) is 3.71. The van der Waals surface area contributed by atoms with E-state index in [-0.39, 0.29) is 11.1 Å². The van der Waals surface area contributed by atoms with Crippen LogP contribution in [0.3, 0.4) is 0 Å². The van der Waals surface area contributed by atoms with Crippen molar-refractivity contribution in [1.82, 2.24) is 0 Å². The van der Waals surface area contributed by atoms with Crippen molar-refractivity contribution in [3.63, 3.8) is 0 Å². The summed E-state index contributed by atoms with van der Waals surface area (Å²) in [7, 11) is 0. The molecule has 2 rings (SSSR count). The van der Waals surface area contributed by atoms with Crippen LogP contribution in [0.4, 0.5) is 8.78 Å². The molecule has 0 aliphatic heterocycles. The number of hydrogen-bond donors (Lipinski definition) is 1. The van der Waals surface area contributed by atoms with Gasteiger partial charge < -0.3 is 5.73 Å². The van der Waals surface area contributed by atoms with Gasteiger partial charge in [0, 0.05) is 10.4 Å². The quantitative estimate of drug-likeness (QED) is 0.873. The number of rotatable bonds is 2. The third-order valence-electron chi connectivity index (χ3n) is 2.85. The average molecular weight is 288 g/mol. The first-order valence-electron chi connectivity index (χ1n) is 5.37. The van der Waals surface area contributed by atoms with Crippen LogP contribution in [0.15, 0.2) is 17.5 Å². The normalized spacial score (nSPS) is 12.8. The Morgan fingerprint density at radius 3 is 2.39 bits per heavy atom. The van der Waals surface area contributed by atoms with Gasteiger partial charge in [-0.25, -0.2) is 8.78 Å². The molecule has 0 amide bonds. The molecule has 1 heterocycles. The van der Waals surface area contributed by atoms with Gasteiger partial charge in [-0.05, 0) is 30.4 Å². The molecule has 0 aliphatic rings. The lowest BCUT2D eigenvalue weighted by Gasteiger charge is -2.13. The van der Waals surface area contributed by atoms with Gasteiger partial charge in [0.05, 0.1) is 11.1 Å². The van der Waals surface area contributed by atoms with Crippen molar-refractivity contribution in [2.45, 2.75) is 19.9 Å². The monoisotopic (exact) mass is 287 g/mol. The van der Waals surface area contributed by atoms with Gasteiger partial charge in [0.25, 0.3) is 0 Å². The number of halogens is 3. The second-order valence-corrected chi connectivity index (χ2v) is 5.46. The molecule has 1 aromatic carbocycles. The van der Waals surface area contributed by atoms with Crippen LogP contribution in [0.2, 0.25) is 5.02 Å². The molecule has 0 saturated carbocycles. The molecule has 96 valence electrons. The summed E-state index contributed by atoms with van der Waals surface area (Å²) in [5.41, 5.74) is 7.25. The summed E-state index contributed by atoms with van der Waals surface area (Å²) in [5.74, 6) is -1.75. The molecule has 1 atom stereocenters. The summed E-state index contributed by atoms with van der Waals surface area (Å²) >= 11 is 7.44. The largest absolute Gasteiger partial charge is 0.319 e. The minimum Gasteiger partial charge on any atom is -0.319 e. The number of benzene rings is 1. The Labute approximate surface area is 113 Å². The molecule has 18 heavy (non-hydrogen) atoms. The summed E-state index contributed by atoms with van der Waals surface area (Å²) in [5, 5.41) is 2.37. The molecule has 1 unspecified atom stereocenters. The highest BCUT2D eigenvalue weighted by molar-refractivity contribution is 7.10. The maximum atomic E-state index is 13.8. The number of nitrogens with two attached hydrogens (primary N) is 1. The van der Waals surface area contributed by atoms with Crippen LogP contribution in [0, 0.1) is 25.5 Å². The fraction of sp³-hybridized carbons (Fsp3) is 0.231. The van der Waals surface area contributed by atoms with Crippen molar-refractivity contribution in [3.05, 3.63) is 55.7 Å². The second-order valence-electron chi connectivity index (χ2n) is 4.17. The zero-order valence-corrected chi connectivity index (χ0v) is 11.5. The van der Waals surface area contributed by atoms with Crippen molar-refractivity contribution in [2.75, 3.05) is 0 Å². The SMILES string of the molecule is Cc1ccc(C(N)c2scc(C)c2Cl)c(F)c1F. The van der Waals surface area contributed by atoms with Crippen LogP contribution in [-0.4, -0.2) is 0 Å². The third-order valence-corrected chi connectivity index (χ3v) is 4.65. The predicted molar refractivity (Wildman–Crippen MR) is 71.2 cm³/mol. The van der Waals surface area contributed by atoms with Crippen molar-refractivity contribution >= 4 is 22.9 Å². The van der Waals surface area contributed by atoms with Crippen LogP contribution in [0.5, 0.6) is 0 Å². The van der Waals surface area contributed by atoms with Crippen LogP contribution >= 0.6 is 22.9 Å². The smallest absolute Gasteiger partial charge is 0.164 e. The van der Waals surface area contributed by atoms with Gasteiger partial charge in [-0.3, -0.25) is 0 Å². The molecule has 1 aromatic heterocycles. The van der Waals surface area contributed by atoms with Crippen LogP contribution in [0.25, 0.3) is 0 Å². The highest BCUT2D eigenvalue weighted by Gasteiger charge is 2.21. The van der Waals surface area contributed by atoms with Crippen LogP contribution in [-0.2, 0) is 0 Å². The lowest BCUT2D eigenvalue weighted by atomic mass is 10.0. The van der Waals surface area contributed by atoms with E-state index in [9.17, 15) is 8.78 Å². The molecule has 0 spiro atoms. The minimum absolute atomic E-state index is 0.127. The lowest BCUT2D eigenvalue weighted by molar-refractivity contribution is 0.490. The van der Waals surface area contributed by atoms with Gasteiger partial charge in [0.2, 0.25) is 0 Å². The summed E-state index contributed by atoms with van der Waals surface area (Å²) in [6.45, 7) is 3.36. The average Bonchev–Trinajstić information content (AvgIpc) is 2.67. The molecule has 0 bridgehead atoms. The predicted octanol–water partition coefficient (Wildman–Crippen LogP) is 4.34. The summed E-state index contributed by atoms with van der Waals surface area (Å²) in [4.78, 5) is 0.649. The fourth-order valence-corrected chi connectivity index (χ4v) is 3.03. The maximum absolute atomic E-state index is 13.8. The van der Waals surface area contributed by atoms with Crippen molar-refractivity contribution in [1.29, 1.82) is 0 Å². The summed E-state index contributed by atoms with van der Waals surface area (Å²) in [6.07, 6.45) is 0. The zero-order valence-electron chi connectivity index (χ0n) is 9.93. The molecule has 2 N–H and O–H groups in total. The Balaban J connectivity index is 2.50. The van der Waals surface area contributed by atoms with E-state index in [1.807, 2.05) is 12.3 Å². The topological polar surface area (TPSA) is 26.0 Å². The fourth-order valence-electron chi connectivity index (χ4n) is 1.70. The Bertz CT molecular complexity index is 595. The lowest BCUT2D eigenvalue weighted by Crippen LogP contribution is -2.14. The zero-order chi connectivity index (χ0) is 13.4. The van der Waals surface area contributed by atoms with Crippen molar-refractivity contribution in [3.8, 4) is 0 Å². The Hall–Kier alpha value is -0.970. The third kappa shape index (κ3) is 2.16. The first kappa shape index (κ1) is 13.5. The van der Waals surface area contributed by atoms with Gasteiger partial charge >= 0.3 is 0 Å². The molecule has 5 heteroatoms. The number of thiophene rings is 1. The molecule has 0 saturated heterocycles. The molecule has 0 radical (unpaired) electrons. The Morgan fingerprint density at radius 2 is 1.83 bits per heavy atom. The van der Waals surface area contributed by atoms with E-state index < -0.39 is 17.7 Å². The maximum Gasteiger partial charge on any atom is 0.164 e. The van der Waals surface area contributed by atoms with Crippen LogP contribution in [0.1, 0.15) is 27.6 Å². The van der Waals surface area contributed by atoms with E-state index >= 15 is 0 Å². The number of hydrogen-bond acceptors (Lipinski definition) is 2. The van der Waals surface area contributed by atoms with Gasteiger partial charge in [0.15, 0.2) is 11.6 Å². The molecule has 0 fully saturated rings. The van der Waals surface area contributed by atoms with E-state index in [1.165, 1.54) is 30.4 Å². The summed E-state index contributed by atoms with van der Waals surface area (Å²) in [6, 6.07) is 2.28. The first-order valence-corrected chi connectivity index (χ1v) is 6.62. The first-order chi connectivity index (χ1) is 8.43. The molecule has 0 aliphatic carbocycles. The minimum atomic E-state index is -0.899. The molecule has 2 aromatic rings. The summed E-state index contributed by atoms with van der Waals surface area (Å²) < 4.78 is 27.4. The molecular weight excluding hydrogens is 276 g/mol. The van der Waals surface area contributed by atoms with Gasteiger partial charge in [-0.15, -0.1) is 11.3 Å². The highest BCUT2D eigenvalue weighted by Crippen LogP contribution is 2.35. The Morgan fingerprint density at radius 1 is 1.17 bits per heavy atom. The highest BCUT2D eigenvalue weighted by atomic mass is 35.5.